The highest BCUT2D eigenvalue weighted by Gasteiger charge is 2.25. The summed E-state index contributed by atoms with van der Waals surface area (Å²) in [6, 6.07) is 5.49. The molecule has 0 fully saturated rings. The van der Waals surface area contributed by atoms with Crippen molar-refractivity contribution in [1.29, 1.82) is 0 Å². The van der Waals surface area contributed by atoms with Crippen LogP contribution < -0.4 is 0 Å². The SMILES string of the molecule is CCOC(=O)c1cn(S(=O)(=O)N(C)C)nc1Cc1cc(C)ccc1Cl. The van der Waals surface area contributed by atoms with Crippen LogP contribution in [-0.4, -0.2) is 48.6 Å². The van der Waals surface area contributed by atoms with E-state index in [0.29, 0.717) is 5.02 Å². The smallest absolute Gasteiger partial charge is 0.341 e. The summed E-state index contributed by atoms with van der Waals surface area (Å²) in [5, 5.41) is 4.62. The average molecular weight is 386 g/mol. The molecule has 0 spiro atoms. The van der Waals surface area contributed by atoms with Gasteiger partial charge in [0, 0.05) is 25.5 Å². The van der Waals surface area contributed by atoms with E-state index >= 15 is 0 Å². The van der Waals surface area contributed by atoms with Gasteiger partial charge in [-0.3, -0.25) is 0 Å². The number of aromatic nitrogens is 2. The predicted octanol–water partition coefficient (Wildman–Crippen LogP) is 2.27. The van der Waals surface area contributed by atoms with Crippen LogP contribution in [0, 0.1) is 6.92 Å². The van der Waals surface area contributed by atoms with Gasteiger partial charge < -0.3 is 4.74 Å². The van der Waals surface area contributed by atoms with E-state index in [1.54, 1.807) is 13.0 Å². The summed E-state index contributed by atoms with van der Waals surface area (Å²) in [6.45, 7) is 3.77. The molecule has 2 aromatic rings. The van der Waals surface area contributed by atoms with Gasteiger partial charge in [-0.1, -0.05) is 29.3 Å². The first-order chi connectivity index (χ1) is 11.7. The van der Waals surface area contributed by atoms with Crippen LogP contribution in [0.3, 0.4) is 0 Å². The first-order valence-electron chi connectivity index (χ1n) is 7.60. The fraction of sp³-hybridized carbons (Fsp3) is 0.375. The maximum atomic E-state index is 12.3. The third kappa shape index (κ3) is 4.20. The van der Waals surface area contributed by atoms with Crippen molar-refractivity contribution >= 4 is 27.8 Å². The van der Waals surface area contributed by atoms with E-state index in [0.717, 1.165) is 19.5 Å². The lowest BCUT2D eigenvalue weighted by atomic mass is 10.0. The van der Waals surface area contributed by atoms with E-state index in [1.165, 1.54) is 20.3 Å². The van der Waals surface area contributed by atoms with Crippen LogP contribution in [0.1, 0.15) is 34.1 Å². The van der Waals surface area contributed by atoms with E-state index in [-0.39, 0.29) is 24.3 Å². The highest BCUT2D eigenvalue weighted by atomic mass is 35.5. The van der Waals surface area contributed by atoms with Crippen LogP contribution in [-0.2, 0) is 21.4 Å². The third-order valence-electron chi connectivity index (χ3n) is 3.52. The number of hydrogen-bond acceptors (Lipinski definition) is 5. The fourth-order valence-corrected chi connectivity index (χ4v) is 3.16. The van der Waals surface area contributed by atoms with Gasteiger partial charge in [0.15, 0.2) is 0 Å². The monoisotopic (exact) mass is 385 g/mol. The van der Waals surface area contributed by atoms with Crippen molar-refractivity contribution < 1.29 is 17.9 Å². The Balaban J connectivity index is 2.53. The van der Waals surface area contributed by atoms with Crippen molar-refractivity contribution in [3.05, 3.63) is 51.8 Å². The molecule has 0 bridgehead atoms. The minimum Gasteiger partial charge on any atom is -0.462 e. The van der Waals surface area contributed by atoms with Gasteiger partial charge in [-0.05, 0) is 25.5 Å². The number of hydrogen-bond donors (Lipinski definition) is 0. The molecule has 0 atom stereocenters. The Bertz CT molecular complexity index is 891. The molecule has 7 nitrogen and oxygen atoms in total. The van der Waals surface area contributed by atoms with Gasteiger partial charge in [0.25, 0.3) is 0 Å². The Morgan fingerprint density at radius 1 is 1.36 bits per heavy atom. The van der Waals surface area contributed by atoms with Gasteiger partial charge in [0.1, 0.15) is 5.56 Å². The molecule has 1 aromatic carbocycles. The second-order valence-electron chi connectivity index (χ2n) is 5.64. The number of aryl methyl sites for hydroxylation is 1. The van der Waals surface area contributed by atoms with Gasteiger partial charge in [0.05, 0.1) is 18.5 Å². The maximum Gasteiger partial charge on any atom is 0.341 e. The number of rotatable bonds is 6. The topological polar surface area (TPSA) is 81.5 Å². The van der Waals surface area contributed by atoms with Crippen LogP contribution in [0.25, 0.3) is 0 Å². The summed E-state index contributed by atoms with van der Waals surface area (Å²) in [5.41, 5.74) is 2.14. The summed E-state index contributed by atoms with van der Waals surface area (Å²) in [7, 11) is -1.07. The molecule has 0 radical (unpaired) electrons. The summed E-state index contributed by atoms with van der Waals surface area (Å²) in [4.78, 5) is 12.2. The molecule has 0 aliphatic heterocycles. The van der Waals surface area contributed by atoms with Crippen molar-refractivity contribution in [1.82, 2.24) is 13.5 Å². The molecular formula is C16H20ClN3O4S. The van der Waals surface area contributed by atoms with Gasteiger partial charge in [0.2, 0.25) is 0 Å². The molecule has 0 aliphatic carbocycles. The predicted molar refractivity (Wildman–Crippen MR) is 95.2 cm³/mol. The van der Waals surface area contributed by atoms with Crippen LogP contribution in [0.5, 0.6) is 0 Å². The van der Waals surface area contributed by atoms with Crippen molar-refractivity contribution in [2.45, 2.75) is 20.3 Å². The first kappa shape index (κ1) is 19.4. The normalized spacial score (nSPS) is 11.8. The van der Waals surface area contributed by atoms with Crippen molar-refractivity contribution in [2.24, 2.45) is 0 Å². The van der Waals surface area contributed by atoms with E-state index in [4.69, 9.17) is 16.3 Å². The van der Waals surface area contributed by atoms with E-state index in [1.807, 2.05) is 19.1 Å². The van der Waals surface area contributed by atoms with Crippen LogP contribution in [0.15, 0.2) is 24.4 Å². The van der Waals surface area contributed by atoms with Gasteiger partial charge in [-0.15, -0.1) is 0 Å². The van der Waals surface area contributed by atoms with Gasteiger partial charge >= 0.3 is 16.2 Å². The van der Waals surface area contributed by atoms with Gasteiger partial charge in [-0.25, -0.2) is 4.79 Å². The Labute approximate surface area is 152 Å². The lowest BCUT2D eigenvalue weighted by Crippen LogP contribution is -2.29. The Morgan fingerprint density at radius 3 is 2.64 bits per heavy atom. The number of halogens is 1. The number of esters is 1. The Hall–Kier alpha value is -1.90. The Kier molecular flexibility index (Phi) is 5.87. The third-order valence-corrected chi connectivity index (χ3v) is 5.47. The number of carbonyl (C=O) groups is 1. The number of carbonyl (C=O) groups excluding carboxylic acids is 1. The molecule has 25 heavy (non-hydrogen) atoms. The van der Waals surface area contributed by atoms with Gasteiger partial charge in [-0.2, -0.15) is 21.9 Å². The summed E-state index contributed by atoms with van der Waals surface area (Å²) < 4.78 is 31.4. The lowest BCUT2D eigenvalue weighted by molar-refractivity contribution is 0.0525. The molecular weight excluding hydrogens is 366 g/mol. The van der Waals surface area contributed by atoms with Crippen LogP contribution in [0.4, 0.5) is 0 Å². The zero-order valence-electron chi connectivity index (χ0n) is 14.5. The first-order valence-corrected chi connectivity index (χ1v) is 9.38. The standard InChI is InChI=1S/C16H20ClN3O4S/c1-5-24-16(21)13-10-20(25(22,23)19(3)4)18-15(13)9-12-8-11(2)6-7-14(12)17/h6-8,10H,5,9H2,1-4H3. The zero-order chi connectivity index (χ0) is 18.8. The summed E-state index contributed by atoms with van der Waals surface area (Å²) >= 11 is 6.21. The lowest BCUT2D eigenvalue weighted by Gasteiger charge is -2.10. The molecule has 0 aliphatic rings. The Morgan fingerprint density at radius 2 is 2.04 bits per heavy atom. The number of nitrogens with zero attached hydrogens (tertiary/aromatic N) is 3. The largest absolute Gasteiger partial charge is 0.462 e. The van der Waals surface area contributed by atoms with Crippen molar-refractivity contribution in [3.63, 3.8) is 0 Å². The average Bonchev–Trinajstić information content (AvgIpc) is 2.95. The van der Waals surface area contributed by atoms with Crippen LogP contribution in [0.2, 0.25) is 5.02 Å². The number of ether oxygens (including phenoxy) is 1. The molecule has 1 heterocycles. The second kappa shape index (κ2) is 7.55. The minimum atomic E-state index is -3.84. The molecule has 0 unspecified atom stereocenters. The van der Waals surface area contributed by atoms with Crippen LogP contribution >= 0.6 is 11.6 Å². The quantitative estimate of drug-likeness (QED) is 0.712. The number of benzene rings is 1. The summed E-state index contributed by atoms with van der Waals surface area (Å²) in [5.74, 6) is -0.624. The fourth-order valence-electron chi connectivity index (χ4n) is 2.20. The van der Waals surface area contributed by atoms with E-state index in [9.17, 15) is 13.2 Å². The zero-order valence-corrected chi connectivity index (χ0v) is 16.1. The highest BCUT2D eigenvalue weighted by Crippen LogP contribution is 2.23. The molecule has 9 heteroatoms. The summed E-state index contributed by atoms with van der Waals surface area (Å²) in [6.07, 6.45) is 1.39. The highest BCUT2D eigenvalue weighted by molar-refractivity contribution is 7.87. The molecule has 136 valence electrons. The van der Waals surface area contributed by atoms with E-state index in [2.05, 4.69) is 5.10 Å². The second-order valence-corrected chi connectivity index (χ2v) is 8.05. The van der Waals surface area contributed by atoms with Crippen molar-refractivity contribution in [2.75, 3.05) is 20.7 Å². The van der Waals surface area contributed by atoms with Crippen molar-refractivity contribution in [3.8, 4) is 0 Å². The van der Waals surface area contributed by atoms with E-state index < -0.39 is 16.2 Å². The molecule has 0 N–H and O–H groups in total. The molecule has 2 rings (SSSR count). The minimum absolute atomic E-state index is 0.102. The molecule has 1 aromatic heterocycles. The molecule has 0 saturated heterocycles. The molecule has 0 saturated carbocycles. The molecule has 0 amide bonds. The maximum absolute atomic E-state index is 12.3.